The van der Waals surface area contributed by atoms with Crippen molar-refractivity contribution in [1.29, 1.82) is 0 Å². The number of nitrogen functional groups attached to an aromatic ring is 2. The van der Waals surface area contributed by atoms with Crippen LogP contribution in [0.15, 0.2) is 19.2 Å². The maximum atomic E-state index is 12.4. The maximum Gasteiger partial charge on any atom is 0.311 e. The summed E-state index contributed by atoms with van der Waals surface area (Å²) in [5.74, 6) is -4.36. The summed E-state index contributed by atoms with van der Waals surface area (Å²) < 4.78 is 86.4. The molecule has 8 N–H and O–H groups in total. The molecule has 0 aromatic carbocycles. The molecular weight excluding hydrogens is 1460 g/mol. The number of aliphatic hydroxyl groups excluding tert-OH is 2. The number of nitrogens with two attached hydrogens (primary N) is 2. The fraction of sp³-hybridized carbons (Fsp3) is 0.775. The lowest BCUT2D eigenvalue weighted by molar-refractivity contribution is -0.218. The molecule has 608 valence electrons. The Hall–Kier alpha value is -6.88. The van der Waals surface area contributed by atoms with Crippen LogP contribution in [0.3, 0.4) is 0 Å². The third-order valence-corrected chi connectivity index (χ3v) is 20.1. The number of esters is 6. The van der Waals surface area contributed by atoms with Crippen LogP contribution in [0.25, 0.3) is 20.7 Å². The van der Waals surface area contributed by atoms with E-state index < -0.39 is 101 Å². The fourth-order valence-corrected chi connectivity index (χ4v) is 14.5. The van der Waals surface area contributed by atoms with E-state index in [9.17, 15) is 58.2 Å². The van der Waals surface area contributed by atoms with Gasteiger partial charge in [-0.25, -0.2) is 0 Å². The van der Waals surface area contributed by atoms with Crippen molar-refractivity contribution >= 4 is 91.1 Å². The summed E-state index contributed by atoms with van der Waals surface area (Å²) in [6.07, 6.45) is -2.54. The first kappa shape index (κ1) is 88.3. The minimum atomic E-state index is -1.04. The molecule has 7 aliphatic heterocycles. The Kier molecular flexibility index (Phi) is 31.4. The molecule has 0 bridgehead atoms. The molecule has 37 heteroatoms. The summed E-state index contributed by atoms with van der Waals surface area (Å²) in [6.45, 7) is 33.7. The Morgan fingerprint density at radius 1 is 0.519 bits per heavy atom. The van der Waals surface area contributed by atoms with E-state index in [4.69, 9.17) is 82.5 Å². The first-order valence-corrected chi connectivity index (χ1v) is 38.6. The molecule has 0 saturated carbocycles. The van der Waals surface area contributed by atoms with Crippen LogP contribution in [0.2, 0.25) is 0 Å². The number of aromatic amines is 2. The zero-order chi connectivity index (χ0) is 80.3. The molecule has 0 spiro atoms. The maximum absolute atomic E-state index is 12.4. The van der Waals surface area contributed by atoms with Crippen LogP contribution in [0.4, 0.5) is 11.9 Å². The van der Waals surface area contributed by atoms with Crippen molar-refractivity contribution in [1.82, 2.24) is 29.1 Å². The van der Waals surface area contributed by atoms with Gasteiger partial charge in [0.1, 0.15) is 70.6 Å². The van der Waals surface area contributed by atoms with E-state index in [1.807, 2.05) is 76.2 Å². The van der Waals surface area contributed by atoms with Gasteiger partial charge in [0, 0.05) is 39.5 Å². The molecule has 1 unspecified atom stereocenters. The largest absolute Gasteiger partial charge is 0.459 e. The predicted molar refractivity (Wildman–Crippen MR) is 389 cm³/mol. The molecule has 0 aliphatic carbocycles. The number of nitrogens with one attached hydrogen (secondary N) is 2. The van der Waals surface area contributed by atoms with Crippen molar-refractivity contribution in [2.75, 3.05) is 11.5 Å². The summed E-state index contributed by atoms with van der Waals surface area (Å²) in [5, 5.41) is 20.1. The number of anilines is 2. The van der Waals surface area contributed by atoms with Gasteiger partial charge in [-0.05, 0) is 72.6 Å². The predicted octanol–water partition coefficient (Wildman–Crippen LogP) is 6.57. The Labute approximate surface area is 633 Å². The smallest absolute Gasteiger partial charge is 0.311 e. The quantitative estimate of drug-likeness (QED) is 0.0358. The first-order chi connectivity index (χ1) is 50.6. The van der Waals surface area contributed by atoms with Crippen molar-refractivity contribution < 1.29 is 110 Å². The lowest BCUT2D eigenvalue weighted by Crippen LogP contribution is -2.34. The van der Waals surface area contributed by atoms with E-state index in [-0.39, 0.29) is 147 Å². The van der Waals surface area contributed by atoms with Gasteiger partial charge < -0.3 is 92.7 Å². The summed E-state index contributed by atoms with van der Waals surface area (Å²) in [6, 6.07) is 0. The van der Waals surface area contributed by atoms with Crippen LogP contribution >= 0.6 is 22.7 Å². The number of hydrogen-bond acceptors (Lipinski definition) is 33. The lowest BCUT2D eigenvalue weighted by atomic mass is 10.1. The van der Waals surface area contributed by atoms with Crippen LogP contribution < -0.4 is 32.3 Å². The number of thiazole rings is 2. The first-order valence-electron chi connectivity index (χ1n) is 36.9. The minimum absolute atomic E-state index is 0.0174. The molecule has 7 saturated heterocycles. The Morgan fingerprint density at radius 2 is 0.907 bits per heavy atom. The average Bonchev–Trinajstić information content (AvgIpc) is 1.62. The molecule has 0 amide bonds. The monoisotopic (exact) mass is 1570 g/mol. The van der Waals surface area contributed by atoms with Crippen molar-refractivity contribution in [2.45, 2.75) is 331 Å². The fourth-order valence-electron chi connectivity index (χ4n) is 12.8. The van der Waals surface area contributed by atoms with Gasteiger partial charge in [0.05, 0.1) is 48.1 Å². The Morgan fingerprint density at radius 3 is 1.31 bits per heavy atom. The average molecular weight is 1570 g/mol. The Bertz CT molecular complexity index is 3900. The third-order valence-electron chi connectivity index (χ3n) is 18.2. The van der Waals surface area contributed by atoms with Crippen molar-refractivity contribution in [2.24, 2.45) is 23.7 Å². The normalized spacial score (nSPS) is 27.9. The van der Waals surface area contributed by atoms with Gasteiger partial charge in [-0.1, -0.05) is 113 Å². The second kappa shape index (κ2) is 38.4. The van der Waals surface area contributed by atoms with Gasteiger partial charge >= 0.3 is 45.6 Å². The molecule has 4 aromatic heterocycles. The molecule has 11 rings (SSSR count). The van der Waals surface area contributed by atoms with E-state index >= 15 is 0 Å². The number of hydrogen-bond donors (Lipinski definition) is 6. The van der Waals surface area contributed by atoms with E-state index in [1.165, 1.54) is 18.4 Å². The number of nitrogens with zero attached hydrogens (tertiary/aromatic N) is 4. The highest BCUT2D eigenvalue weighted by atomic mass is 32.1. The van der Waals surface area contributed by atoms with Crippen LogP contribution in [0, 0.1) is 23.7 Å². The molecule has 11 heterocycles. The Balaban J connectivity index is 0.000000191. The van der Waals surface area contributed by atoms with E-state index in [1.54, 1.807) is 41.5 Å². The molecule has 19 atom stereocenters. The number of aliphatic hydroxyl groups is 2. The molecule has 7 aliphatic rings. The number of rotatable bonds is 22. The van der Waals surface area contributed by atoms with Gasteiger partial charge in [0.15, 0.2) is 47.8 Å². The zero-order valence-electron chi connectivity index (χ0n) is 64.9. The number of fused-ring (bicyclic) bond motifs is 4. The highest BCUT2D eigenvalue weighted by molar-refractivity contribution is 7.16. The number of aromatic nitrogens is 6. The van der Waals surface area contributed by atoms with Crippen LogP contribution in [0.1, 0.15) is 215 Å². The van der Waals surface area contributed by atoms with Crippen molar-refractivity contribution in [3.8, 4) is 0 Å². The molecular formula is C71H110N8O27S2. The topological polar surface area (TPSA) is 469 Å². The second-order valence-corrected chi connectivity index (χ2v) is 31.3. The van der Waals surface area contributed by atoms with Crippen molar-refractivity contribution in [3.63, 3.8) is 0 Å². The summed E-state index contributed by atoms with van der Waals surface area (Å²) in [7, 11) is 0. The SMILES string of the molecule is CC[C@H](O)[C@@H]1C[C@H]2OC(C)(C)O[C@H]2O1.CC[C@H](OC(=O)C(C)C)[C@@H]1CC[C@H](n2c(=O)sc3c(=O)[nH]c(N)nc32)O1.CC[C@H](OC(=O)C(C)C)[C@@H]1C[C@@H](O)[C@H](n2c(=O)sc3c(=O)[nH]c(N)nc32)O1.CC[C@H](OC(=O)C(C)C)[C@@H]1C[C@@H](OC(C)=O)C(OC(C)=O)O1.CC[C@H](OC(=O)C(C)C)[C@@H]1C[C@H]2OC(C)(C)O[C@H]2O1. The van der Waals surface area contributed by atoms with Crippen LogP contribution in [-0.4, -0.2) is 191 Å². The lowest BCUT2D eigenvalue weighted by Gasteiger charge is -2.25. The van der Waals surface area contributed by atoms with Crippen LogP contribution in [-0.2, 0) is 99.8 Å². The van der Waals surface area contributed by atoms with Gasteiger partial charge in [-0.2, -0.15) is 9.97 Å². The highest BCUT2D eigenvalue weighted by Crippen LogP contribution is 2.41. The van der Waals surface area contributed by atoms with E-state index in [0.29, 0.717) is 62.7 Å². The minimum Gasteiger partial charge on any atom is -0.459 e. The van der Waals surface area contributed by atoms with Gasteiger partial charge in [-0.3, -0.25) is 67.0 Å². The van der Waals surface area contributed by atoms with Gasteiger partial charge in [0.25, 0.3) is 11.1 Å². The number of carbonyl (C=O) groups is 6. The van der Waals surface area contributed by atoms with E-state index in [2.05, 4.69) is 19.9 Å². The molecule has 108 heavy (non-hydrogen) atoms. The highest BCUT2D eigenvalue weighted by Gasteiger charge is 2.52. The zero-order valence-corrected chi connectivity index (χ0v) is 66.6. The molecule has 35 nitrogen and oxygen atoms in total. The van der Waals surface area contributed by atoms with Crippen LogP contribution in [0.5, 0.6) is 0 Å². The number of carbonyl (C=O) groups excluding carboxylic acids is 6. The van der Waals surface area contributed by atoms with Crippen molar-refractivity contribution in [3.05, 3.63) is 40.0 Å². The molecule has 0 radical (unpaired) electrons. The second-order valence-electron chi connectivity index (χ2n) is 29.3. The van der Waals surface area contributed by atoms with Gasteiger partial charge in [-0.15, -0.1) is 0 Å². The van der Waals surface area contributed by atoms with Gasteiger partial charge in [0.2, 0.25) is 18.2 Å². The molecule has 4 aromatic rings. The van der Waals surface area contributed by atoms with E-state index in [0.717, 1.165) is 28.7 Å². The number of H-pyrrole nitrogens is 2. The summed E-state index contributed by atoms with van der Waals surface area (Å²) in [5.41, 5.74) is 10.5. The third kappa shape index (κ3) is 22.9. The summed E-state index contributed by atoms with van der Waals surface area (Å²) >= 11 is 1.51. The standard InChI is InChI=1S/C16H22N4O6S.C16H22N4O5S.C15H24O7.C14H24O5.C10H18O4/c1-4-8(26-14(23)6(2)3)9-5-7(21)13(25-9)20-11-10(27-16(20)24)12(22)19-15(17)18-11;1-4-8(25-14(22)7(2)3)9-5-6-10(24-9)20-12-11(26-16(20)23)13(21)19-15(17)18-12;1-6-11(21-14(18)8(2)3)12-7-13(19-9(4)16)15(22-12)20-10(5)17;1-6-9(16-12(15)8(2)3)10-7-11-13(17-10)19-14(4,5)18-11;1-4-6(11)7-5-8-9(12-7)14-10(2,3)13-8/h6-9,13,21H,4-5H2,1-3H3,(H3,17,18,19,22);7-10H,4-6H2,1-3H3,(H3,17,18,19,21);8,11-13,15H,6-7H2,1-5H3;8-11,13H,6-7H2,1-5H3;6-9,11H,4-5H2,1-3H3/t7-,8+,9+,13-;8-,9-,10+;11-,12-,13+,15?;9-,10-,11+,13+;6-,7-,8+,9+/m10000/s1. The summed E-state index contributed by atoms with van der Waals surface area (Å²) in [4.78, 5) is 130. The number of ether oxygens (including phenoxy) is 15. The molecule has 7 fully saturated rings.